The highest BCUT2D eigenvalue weighted by Gasteiger charge is 2.05. The number of hydrogen-bond donors (Lipinski definition) is 0. The Balaban J connectivity index is 2.10. The van der Waals surface area contributed by atoms with Gasteiger partial charge in [-0.05, 0) is 18.6 Å². The van der Waals surface area contributed by atoms with Gasteiger partial charge in [-0.3, -0.25) is 0 Å². The van der Waals surface area contributed by atoms with E-state index in [0.717, 1.165) is 23.4 Å². The lowest BCUT2D eigenvalue weighted by Crippen LogP contribution is -2.05. The third-order valence-corrected chi connectivity index (χ3v) is 2.60. The van der Waals surface area contributed by atoms with E-state index in [1.54, 1.807) is 18.9 Å². The van der Waals surface area contributed by atoms with E-state index in [4.69, 9.17) is 0 Å². The Morgan fingerprint density at radius 1 is 1.31 bits per heavy atom. The van der Waals surface area contributed by atoms with Crippen molar-refractivity contribution in [2.75, 3.05) is 0 Å². The monoisotopic (exact) mass is 213 g/mol. The van der Waals surface area contributed by atoms with E-state index < -0.39 is 0 Å². The number of nitrogens with zero attached hydrogens (tertiary/aromatic N) is 5. The molecule has 3 heterocycles. The van der Waals surface area contributed by atoms with Crippen LogP contribution in [0.4, 0.5) is 0 Å². The van der Waals surface area contributed by atoms with Crippen molar-refractivity contribution < 1.29 is 0 Å². The average molecular weight is 213 g/mol. The predicted octanol–water partition coefficient (Wildman–Crippen LogP) is 1.28. The summed E-state index contributed by atoms with van der Waals surface area (Å²) in [6.45, 7) is 2.78. The second-order valence-electron chi connectivity index (χ2n) is 3.74. The van der Waals surface area contributed by atoms with Crippen LogP contribution in [0.1, 0.15) is 11.3 Å². The van der Waals surface area contributed by atoms with Gasteiger partial charge in [0.05, 0.1) is 18.6 Å². The summed E-state index contributed by atoms with van der Waals surface area (Å²) in [5.74, 6) is 0. The highest BCUT2D eigenvalue weighted by Crippen LogP contribution is 2.10. The molecular formula is C11H11N5. The fourth-order valence-corrected chi connectivity index (χ4v) is 1.77. The van der Waals surface area contributed by atoms with Gasteiger partial charge < -0.3 is 4.57 Å². The molecule has 0 fully saturated rings. The van der Waals surface area contributed by atoms with Gasteiger partial charge in [0.1, 0.15) is 6.33 Å². The second kappa shape index (κ2) is 3.44. The van der Waals surface area contributed by atoms with Crippen LogP contribution in [-0.2, 0) is 6.54 Å². The van der Waals surface area contributed by atoms with Crippen LogP contribution >= 0.6 is 0 Å². The Bertz CT molecular complexity index is 608. The van der Waals surface area contributed by atoms with Crippen molar-refractivity contribution in [2.45, 2.75) is 13.5 Å². The van der Waals surface area contributed by atoms with Crippen molar-refractivity contribution in [1.29, 1.82) is 0 Å². The number of fused-ring (bicyclic) bond motifs is 1. The molecule has 16 heavy (non-hydrogen) atoms. The van der Waals surface area contributed by atoms with Gasteiger partial charge in [-0.15, -0.1) is 0 Å². The Morgan fingerprint density at radius 3 is 3.06 bits per heavy atom. The minimum absolute atomic E-state index is 0.750. The van der Waals surface area contributed by atoms with Gasteiger partial charge in [-0.25, -0.2) is 14.5 Å². The molecule has 0 bridgehead atoms. The Labute approximate surface area is 92.4 Å². The topological polar surface area (TPSA) is 48.0 Å². The van der Waals surface area contributed by atoms with Crippen LogP contribution < -0.4 is 0 Å². The number of hydrogen-bond acceptors (Lipinski definition) is 3. The molecule has 0 aliphatic rings. The molecule has 80 valence electrons. The number of aryl methyl sites for hydroxylation is 1. The molecule has 0 saturated heterocycles. The summed E-state index contributed by atoms with van der Waals surface area (Å²) >= 11 is 0. The molecule has 0 N–H and O–H groups in total. The third-order valence-electron chi connectivity index (χ3n) is 2.60. The first-order valence-electron chi connectivity index (χ1n) is 5.08. The third kappa shape index (κ3) is 1.37. The van der Waals surface area contributed by atoms with Crippen molar-refractivity contribution in [1.82, 2.24) is 24.1 Å². The normalized spacial score (nSPS) is 11.1. The van der Waals surface area contributed by atoms with Crippen LogP contribution in [0, 0.1) is 6.92 Å². The zero-order valence-corrected chi connectivity index (χ0v) is 8.91. The molecular weight excluding hydrogens is 202 g/mol. The Kier molecular flexibility index (Phi) is 1.96. The van der Waals surface area contributed by atoms with Gasteiger partial charge in [0.25, 0.3) is 0 Å². The highest BCUT2D eigenvalue weighted by atomic mass is 15.3. The maximum Gasteiger partial charge on any atom is 0.158 e. The number of pyridine rings is 1. The van der Waals surface area contributed by atoms with E-state index in [0.29, 0.717) is 0 Å². The fraction of sp³-hybridized carbons (Fsp3) is 0.182. The molecule has 5 heteroatoms. The maximum atomic E-state index is 4.24. The molecule has 0 unspecified atom stereocenters. The van der Waals surface area contributed by atoms with Crippen LogP contribution in [0.5, 0.6) is 0 Å². The second-order valence-corrected chi connectivity index (χ2v) is 3.74. The lowest BCUT2D eigenvalue weighted by molar-refractivity contribution is 0.733. The summed E-state index contributed by atoms with van der Waals surface area (Å²) in [5.41, 5.74) is 3.14. The van der Waals surface area contributed by atoms with Crippen LogP contribution in [0.15, 0.2) is 37.2 Å². The van der Waals surface area contributed by atoms with Crippen LogP contribution in [0.3, 0.4) is 0 Å². The van der Waals surface area contributed by atoms with Crippen molar-refractivity contribution in [3.63, 3.8) is 0 Å². The van der Waals surface area contributed by atoms with E-state index in [1.807, 2.05) is 22.2 Å². The molecule has 0 aromatic carbocycles. The molecule has 0 aliphatic heterocycles. The molecule has 0 saturated carbocycles. The van der Waals surface area contributed by atoms with Gasteiger partial charge in [0.15, 0.2) is 5.65 Å². The first kappa shape index (κ1) is 9.08. The Morgan fingerprint density at radius 2 is 2.25 bits per heavy atom. The highest BCUT2D eigenvalue weighted by molar-refractivity contribution is 5.46. The first-order chi connectivity index (χ1) is 7.84. The summed E-state index contributed by atoms with van der Waals surface area (Å²) in [6, 6.07) is 4.13. The quantitative estimate of drug-likeness (QED) is 0.644. The van der Waals surface area contributed by atoms with Gasteiger partial charge in [-0.2, -0.15) is 5.10 Å². The van der Waals surface area contributed by atoms with Gasteiger partial charge in [-0.1, -0.05) is 6.07 Å². The summed E-state index contributed by atoms with van der Waals surface area (Å²) in [7, 11) is 0. The van der Waals surface area contributed by atoms with E-state index >= 15 is 0 Å². The molecule has 0 amide bonds. The van der Waals surface area contributed by atoms with Crippen molar-refractivity contribution >= 4 is 5.65 Å². The summed E-state index contributed by atoms with van der Waals surface area (Å²) in [6.07, 6.45) is 7.08. The SMILES string of the molecule is Cc1ccc(Cn2ccnc2)n2ncnc12. The van der Waals surface area contributed by atoms with Gasteiger partial charge in [0, 0.05) is 12.4 Å². The van der Waals surface area contributed by atoms with Crippen LogP contribution in [0.2, 0.25) is 0 Å². The average Bonchev–Trinajstić information content (AvgIpc) is 2.92. The smallest absolute Gasteiger partial charge is 0.158 e. The molecule has 3 rings (SSSR count). The Hall–Kier alpha value is -2.17. The minimum atomic E-state index is 0.750. The van der Waals surface area contributed by atoms with Gasteiger partial charge >= 0.3 is 0 Å². The molecule has 0 radical (unpaired) electrons. The van der Waals surface area contributed by atoms with Crippen LogP contribution in [-0.4, -0.2) is 24.1 Å². The lowest BCUT2D eigenvalue weighted by Gasteiger charge is -2.06. The van der Waals surface area contributed by atoms with E-state index in [2.05, 4.69) is 27.2 Å². The zero-order valence-electron chi connectivity index (χ0n) is 8.91. The molecule has 0 aliphatic carbocycles. The van der Waals surface area contributed by atoms with E-state index in [9.17, 15) is 0 Å². The van der Waals surface area contributed by atoms with Crippen molar-refractivity contribution in [3.05, 3.63) is 48.4 Å². The molecule has 0 atom stereocenters. The minimum Gasteiger partial charge on any atom is -0.331 e. The molecule has 3 aromatic rings. The standard InChI is InChI=1S/C11H11N5/c1-9-2-3-10(6-15-5-4-12-8-15)16-11(9)13-7-14-16/h2-5,7-8H,6H2,1H3. The maximum absolute atomic E-state index is 4.24. The largest absolute Gasteiger partial charge is 0.331 e. The summed E-state index contributed by atoms with van der Waals surface area (Å²) in [5, 5.41) is 4.23. The molecule has 3 aromatic heterocycles. The molecule has 0 spiro atoms. The van der Waals surface area contributed by atoms with E-state index in [-0.39, 0.29) is 0 Å². The number of imidazole rings is 1. The van der Waals surface area contributed by atoms with Crippen molar-refractivity contribution in [3.8, 4) is 0 Å². The fourth-order valence-electron chi connectivity index (χ4n) is 1.77. The first-order valence-corrected chi connectivity index (χ1v) is 5.08. The predicted molar refractivity (Wildman–Crippen MR) is 59.1 cm³/mol. The van der Waals surface area contributed by atoms with Crippen LogP contribution in [0.25, 0.3) is 5.65 Å². The lowest BCUT2D eigenvalue weighted by atomic mass is 10.2. The van der Waals surface area contributed by atoms with Gasteiger partial charge in [0.2, 0.25) is 0 Å². The van der Waals surface area contributed by atoms with E-state index in [1.165, 1.54) is 0 Å². The summed E-state index contributed by atoms with van der Waals surface area (Å²) < 4.78 is 3.88. The number of rotatable bonds is 2. The summed E-state index contributed by atoms with van der Waals surface area (Å²) in [4.78, 5) is 8.26. The number of aromatic nitrogens is 5. The zero-order chi connectivity index (χ0) is 11.0. The molecule has 5 nitrogen and oxygen atoms in total. The van der Waals surface area contributed by atoms with Crippen molar-refractivity contribution in [2.24, 2.45) is 0 Å².